The number of halogens is 2. The lowest BCUT2D eigenvalue weighted by Crippen LogP contribution is -2.40. The molecule has 1 aromatic heterocycles. The summed E-state index contributed by atoms with van der Waals surface area (Å²) in [6, 6.07) is 3.40. The number of hydroxylamine groups is 2. The van der Waals surface area contributed by atoms with E-state index in [9.17, 15) is 19.1 Å². The first-order valence-electron chi connectivity index (χ1n) is 9.02. The molecule has 2 N–H and O–H groups in total. The van der Waals surface area contributed by atoms with Gasteiger partial charge in [0.25, 0.3) is 5.91 Å². The number of nitrogens with one attached hydrogen (secondary N) is 1. The van der Waals surface area contributed by atoms with Crippen LogP contribution in [0.25, 0.3) is 0 Å². The average molecular weight is 424 g/mol. The molecule has 3 heterocycles. The van der Waals surface area contributed by atoms with E-state index in [0.717, 1.165) is 10.8 Å². The highest BCUT2D eigenvalue weighted by atomic mass is 35.5. The Kier molecular flexibility index (Phi) is 5.15. The number of urea groups is 1. The second kappa shape index (κ2) is 7.62. The monoisotopic (exact) mass is 423 g/mol. The van der Waals surface area contributed by atoms with E-state index in [2.05, 4.69) is 10.4 Å². The summed E-state index contributed by atoms with van der Waals surface area (Å²) in [5.74, 6) is -0.998. The van der Waals surface area contributed by atoms with E-state index < -0.39 is 23.9 Å². The minimum Gasteiger partial charge on any atom is -0.393 e. The van der Waals surface area contributed by atoms with Crippen molar-refractivity contribution in [3.05, 3.63) is 46.0 Å². The molecule has 0 spiro atoms. The van der Waals surface area contributed by atoms with Crippen LogP contribution < -0.4 is 5.32 Å². The van der Waals surface area contributed by atoms with Crippen molar-refractivity contribution >= 4 is 29.2 Å². The number of aromatic nitrogens is 2. The Labute approximate surface area is 170 Å². The molecule has 3 amide bonds. The lowest BCUT2D eigenvalue weighted by atomic mass is 10.1. The largest absolute Gasteiger partial charge is 0.393 e. The Morgan fingerprint density at radius 3 is 3.03 bits per heavy atom. The maximum atomic E-state index is 13.9. The number of carbonyl (C=O) groups is 2. The summed E-state index contributed by atoms with van der Waals surface area (Å²) in [7, 11) is 1.47. The highest BCUT2D eigenvalue weighted by molar-refractivity contribution is 6.30. The number of hydrogen-bond donors (Lipinski definition) is 2. The fraction of sp³-hybridized carbons (Fsp3) is 0.389. The van der Waals surface area contributed by atoms with E-state index in [4.69, 9.17) is 16.4 Å². The first-order chi connectivity index (χ1) is 13.9. The van der Waals surface area contributed by atoms with Crippen molar-refractivity contribution in [1.29, 1.82) is 0 Å². The number of benzene rings is 1. The number of rotatable bonds is 2. The lowest BCUT2D eigenvalue weighted by molar-refractivity contribution is -0.159. The Hall–Kier alpha value is -2.69. The minimum absolute atomic E-state index is 0.0165. The third-order valence-electron chi connectivity index (χ3n) is 4.93. The Morgan fingerprint density at radius 2 is 2.28 bits per heavy atom. The summed E-state index contributed by atoms with van der Waals surface area (Å²) in [6.07, 6.45) is -0.153. The summed E-state index contributed by atoms with van der Waals surface area (Å²) in [4.78, 5) is 32.3. The molecule has 1 aromatic carbocycles. The first kappa shape index (κ1) is 19.6. The third-order valence-corrected chi connectivity index (χ3v) is 5.17. The predicted octanol–water partition coefficient (Wildman–Crippen LogP) is 1.64. The van der Waals surface area contributed by atoms with Crippen molar-refractivity contribution < 1.29 is 23.9 Å². The molecule has 1 unspecified atom stereocenters. The normalized spacial score (nSPS) is 18.9. The maximum absolute atomic E-state index is 13.9. The fourth-order valence-electron chi connectivity index (χ4n) is 3.50. The number of amides is 3. The molecule has 29 heavy (non-hydrogen) atoms. The summed E-state index contributed by atoms with van der Waals surface area (Å²) < 4.78 is 15.5. The molecule has 0 saturated heterocycles. The van der Waals surface area contributed by atoms with Crippen LogP contribution in [0.1, 0.15) is 21.7 Å². The van der Waals surface area contributed by atoms with Crippen LogP contribution in [-0.4, -0.2) is 63.1 Å². The molecule has 0 bridgehead atoms. The summed E-state index contributed by atoms with van der Waals surface area (Å²) in [6.45, 7) is 0.458. The molecule has 2 aliphatic heterocycles. The number of nitrogens with zero attached hydrogens (tertiary/aromatic N) is 4. The predicted molar refractivity (Wildman–Crippen MR) is 101 cm³/mol. The first-order valence-corrected chi connectivity index (χ1v) is 9.40. The lowest BCUT2D eigenvalue weighted by Gasteiger charge is -2.27. The van der Waals surface area contributed by atoms with Gasteiger partial charge in [-0.3, -0.25) is 14.3 Å². The molecule has 4 rings (SSSR count). The van der Waals surface area contributed by atoms with Gasteiger partial charge in [-0.15, -0.1) is 0 Å². The van der Waals surface area contributed by atoms with Crippen molar-refractivity contribution in [2.45, 2.75) is 25.6 Å². The molecule has 1 atom stereocenters. The van der Waals surface area contributed by atoms with Crippen LogP contribution in [0, 0.1) is 5.82 Å². The topological polar surface area (TPSA) is 99.9 Å². The molecule has 154 valence electrons. The van der Waals surface area contributed by atoms with Crippen LogP contribution in [0.5, 0.6) is 0 Å². The smallest absolute Gasteiger partial charge is 0.322 e. The van der Waals surface area contributed by atoms with E-state index >= 15 is 0 Å². The summed E-state index contributed by atoms with van der Waals surface area (Å²) in [5, 5.41) is 17.8. The van der Waals surface area contributed by atoms with Gasteiger partial charge in [0.1, 0.15) is 17.6 Å². The number of anilines is 1. The molecular weight excluding hydrogens is 405 g/mol. The molecule has 0 aliphatic carbocycles. The van der Waals surface area contributed by atoms with Gasteiger partial charge in [0, 0.05) is 30.6 Å². The Bertz CT molecular complexity index is 981. The van der Waals surface area contributed by atoms with Gasteiger partial charge in [0.2, 0.25) is 0 Å². The van der Waals surface area contributed by atoms with Gasteiger partial charge in [-0.2, -0.15) is 5.10 Å². The van der Waals surface area contributed by atoms with Crippen LogP contribution >= 0.6 is 11.6 Å². The van der Waals surface area contributed by atoms with Crippen LogP contribution in [0.3, 0.4) is 0 Å². The standard InChI is InChI=1S/C18H19ClFN5O4/c1-23-17(27)16-12-8-24(18(28)21-15-6-10(19)2-3-13(15)20)5-4-14(12)22-25(16)7-11(9-26)29-23/h2-3,6,11,26H,4-5,7-9H2,1H3,(H,21,28). The second-order valence-electron chi connectivity index (χ2n) is 6.89. The molecule has 11 heteroatoms. The van der Waals surface area contributed by atoms with Crippen LogP contribution in [0.15, 0.2) is 18.2 Å². The van der Waals surface area contributed by atoms with Gasteiger partial charge in [-0.25, -0.2) is 14.2 Å². The van der Waals surface area contributed by atoms with Crippen molar-refractivity contribution in [2.75, 3.05) is 25.5 Å². The van der Waals surface area contributed by atoms with Crippen LogP contribution in [0.4, 0.5) is 14.9 Å². The number of fused-ring (bicyclic) bond motifs is 3. The summed E-state index contributed by atoms with van der Waals surface area (Å²) in [5.41, 5.74) is 1.65. The van der Waals surface area contributed by atoms with Crippen molar-refractivity contribution in [3.8, 4) is 0 Å². The number of aliphatic hydroxyl groups excluding tert-OH is 1. The molecule has 0 radical (unpaired) electrons. The zero-order chi connectivity index (χ0) is 20.7. The van der Waals surface area contributed by atoms with E-state index in [1.165, 1.54) is 34.8 Å². The molecule has 2 aromatic rings. The van der Waals surface area contributed by atoms with Gasteiger partial charge >= 0.3 is 6.03 Å². The maximum Gasteiger partial charge on any atom is 0.322 e. The van der Waals surface area contributed by atoms with E-state index in [0.29, 0.717) is 29.2 Å². The SMILES string of the molecule is CN1OC(CO)Cn2nc3c(c2C1=O)CN(C(=O)Nc1cc(Cl)ccc1F)CC3. The Balaban J connectivity index is 1.59. The highest BCUT2D eigenvalue weighted by Crippen LogP contribution is 2.27. The van der Waals surface area contributed by atoms with Gasteiger partial charge in [-0.1, -0.05) is 11.6 Å². The quantitative estimate of drug-likeness (QED) is 0.765. The van der Waals surface area contributed by atoms with Crippen LogP contribution in [-0.2, 0) is 24.3 Å². The Morgan fingerprint density at radius 1 is 1.48 bits per heavy atom. The summed E-state index contributed by atoms with van der Waals surface area (Å²) >= 11 is 5.87. The fourth-order valence-corrected chi connectivity index (χ4v) is 3.67. The zero-order valence-corrected chi connectivity index (χ0v) is 16.3. The number of aliphatic hydroxyl groups is 1. The minimum atomic E-state index is -0.600. The second-order valence-corrected chi connectivity index (χ2v) is 7.33. The van der Waals surface area contributed by atoms with Crippen molar-refractivity contribution in [2.24, 2.45) is 0 Å². The molecule has 2 aliphatic rings. The third kappa shape index (κ3) is 3.66. The van der Waals surface area contributed by atoms with E-state index in [1.807, 2.05) is 0 Å². The zero-order valence-electron chi connectivity index (χ0n) is 15.6. The van der Waals surface area contributed by atoms with Crippen molar-refractivity contribution in [3.63, 3.8) is 0 Å². The van der Waals surface area contributed by atoms with Gasteiger partial charge < -0.3 is 15.3 Å². The van der Waals surface area contributed by atoms with Gasteiger partial charge in [0.05, 0.1) is 31.1 Å². The van der Waals surface area contributed by atoms with Crippen molar-refractivity contribution in [1.82, 2.24) is 19.7 Å². The van der Waals surface area contributed by atoms with Crippen LogP contribution in [0.2, 0.25) is 5.02 Å². The average Bonchev–Trinajstić information content (AvgIpc) is 3.00. The number of carbonyl (C=O) groups excluding carboxylic acids is 2. The number of hydrogen-bond acceptors (Lipinski definition) is 5. The molecule has 0 saturated carbocycles. The van der Waals surface area contributed by atoms with Gasteiger partial charge in [0.15, 0.2) is 0 Å². The van der Waals surface area contributed by atoms with E-state index in [-0.39, 0.29) is 25.4 Å². The van der Waals surface area contributed by atoms with E-state index in [1.54, 1.807) is 0 Å². The molecular formula is C18H19ClFN5O4. The van der Waals surface area contributed by atoms with Gasteiger partial charge in [-0.05, 0) is 18.2 Å². The highest BCUT2D eigenvalue weighted by Gasteiger charge is 2.35. The molecule has 0 fully saturated rings. The molecule has 9 nitrogen and oxygen atoms in total.